The first-order valence-electron chi connectivity index (χ1n) is 7.79. The van der Waals surface area contributed by atoms with Crippen LogP contribution in [0.2, 0.25) is 0 Å². The summed E-state index contributed by atoms with van der Waals surface area (Å²) in [7, 11) is 2.17. The van der Waals surface area contributed by atoms with Crippen LogP contribution in [0.25, 0.3) is 0 Å². The maximum Gasteiger partial charge on any atom is 0.118 e. The van der Waals surface area contributed by atoms with E-state index in [9.17, 15) is 0 Å². The molecule has 1 unspecified atom stereocenters. The minimum atomic E-state index is 0.277. The Kier molecular flexibility index (Phi) is 3.44. The highest BCUT2D eigenvalue weighted by Gasteiger charge is 2.30. The molecule has 2 aliphatic rings. The predicted octanol–water partition coefficient (Wildman–Crippen LogP) is 5.04. The second-order valence-electron chi connectivity index (χ2n) is 7.26. The molecule has 0 radical (unpaired) electrons. The molecule has 0 saturated heterocycles. The first kappa shape index (κ1) is 14.1. The lowest BCUT2D eigenvalue weighted by Gasteiger charge is -2.33. The second kappa shape index (κ2) is 4.87. The van der Waals surface area contributed by atoms with E-state index in [0.29, 0.717) is 5.41 Å². The molecule has 1 aromatic rings. The average molecular weight is 290 g/mol. The van der Waals surface area contributed by atoms with Crippen LogP contribution in [-0.4, -0.2) is 18.9 Å². The highest BCUT2D eigenvalue weighted by Crippen LogP contribution is 2.47. The van der Waals surface area contributed by atoms with Crippen molar-refractivity contribution in [1.29, 1.82) is 0 Å². The van der Waals surface area contributed by atoms with Gasteiger partial charge in [0, 0.05) is 23.2 Å². The third-order valence-electron chi connectivity index (χ3n) is 5.12. The molecule has 0 aromatic carbocycles. The Morgan fingerprint density at radius 2 is 1.95 bits per heavy atom. The highest BCUT2D eigenvalue weighted by atomic mass is 32.1. The molecule has 0 amide bonds. The lowest BCUT2D eigenvalue weighted by atomic mass is 9.73. The smallest absolute Gasteiger partial charge is 0.118 e. The molecule has 1 aliphatic carbocycles. The van der Waals surface area contributed by atoms with E-state index in [4.69, 9.17) is 4.99 Å². The molecular formula is C17H26N2S. The van der Waals surface area contributed by atoms with Crippen molar-refractivity contribution in [3.05, 3.63) is 16.5 Å². The number of fused-ring (bicyclic) bond motifs is 1. The van der Waals surface area contributed by atoms with E-state index in [2.05, 4.69) is 45.7 Å². The first-order chi connectivity index (χ1) is 9.37. The van der Waals surface area contributed by atoms with Gasteiger partial charge in [-0.05, 0) is 56.9 Å². The summed E-state index contributed by atoms with van der Waals surface area (Å²) in [5.41, 5.74) is 3.13. The number of aliphatic imine (C=N–C) groups is 1. The van der Waals surface area contributed by atoms with Crippen molar-refractivity contribution >= 4 is 22.0 Å². The molecule has 1 aliphatic heterocycles. The van der Waals surface area contributed by atoms with Gasteiger partial charge in [0.15, 0.2) is 0 Å². The van der Waals surface area contributed by atoms with E-state index in [0.717, 1.165) is 5.92 Å². The molecule has 3 heteroatoms. The molecule has 1 fully saturated rings. The number of nitrogens with zero attached hydrogens (tertiary/aromatic N) is 2. The monoisotopic (exact) mass is 290 g/mol. The van der Waals surface area contributed by atoms with Gasteiger partial charge in [0.2, 0.25) is 0 Å². The molecule has 1 saturated carbocycles. The zero-order valence-electron chi connectivity index (χ0n) is 13.4. The van der Waals surface area contributed by atoms with E-state index in [-0.39, 0.29) is 6.17 Å². The Bertz CT molecular complexity index is 531. The molecule has 3 rings (SSSR count). The van der Waals surface area contributed by atoms with Gasteiger partial charge < -0.3 is 4.90 Å². The van der Waals surface area contributed by atoms with Crippen LogP contribution < -0.4 is 4.90 Å². The molecule has 0 bridgehead atoms. The van der Waals surface area contributed by atoms with Gasteiger partial charge in [0.25, 0.3) is 0 Å². The standard InChI is InChI=1S/C17H26N2S/c1-11-14-10-15(13-6-8-17(3,4)9-7-13)20-16(14)19(5)12(2)18-11/h10,12-13H,6-9H2,1-5H3. The third-order valence-corrected chi connectivity index (χ3v) is 6.51. The largest absolute Gasteiger partial charge is 0.344 e. The molecule has 0 N–H and O–H groups in total. The van der Waals surface area contributed by atoms with Crippen LogP contribution in [0.4, 0.5) is 5.00 Å². The van der Waals surface area contributed by atoms with Crippen LogP contribution in [-0.2, 0) is 0 Å². The van der Waals surface area contributed by atoms with Gasteiger partial charge in [0.1, 0.15) is 11.2 Å². The summed E-state index contributed by atoms with van der Waals surface area (Å²) in [6.07, 6.45) is 5.70. The van der Waals surface area contributed by atoms with E-state index in [1.54, 1.807) is 4.88 Å². The number of hydrogen-bond donors (Lipinski definition) is 0. The third kappa shape index (κ3) is 2.41. The van der Waals surface area contributed by atoms with Gasteiger partial charge in [0.05, 0.1) is 0 Å². The second-order valence-corrected chi connectivity index (χ2v) is 8.33. The summed E-state index contributed by atoms with van der Waals surface area (Å²) >= 11 is 2.00. The van der Waals surface area contributed by atoms with Gasteiger partial charge in [-0.2, -0.15) is 0 Å². The maximum atomic E-state index is 4.74. The Hall–Kier alpha value is -0.830. The number of anilines is 1. The molecule has 0 spiro atoms. The van der Waals surface area contributed by atoms with Gasteiger partial charge in [-0.3, -0.25) is 4.99 Å². The fourth-order valence-electron chi connectivity index (χ4n) is 3.41. The molecule has 1 atom stereocenters. The van der Waals surface area contributed by atoms with Crippen molar-refractivity contribution in [3.63, 3.8) is 0 Å². The summed E-state index contributed by atoms with van der Waals surface area (Å²) in [6, 6.07) is 2.42. The van der Waals surface area contributed by atoms with Crippen LogP contribution in [0.3, 0.4) is 0 Å². The Morgan fingerprint density at radius 3 is 2.60 bits per heavy atom. The van der Waals surface area contributed by atoms with Gasteiger partial charge in [-0.1, -0.05) is 13.8 Å². The zero-order chi connectivity index (χ0) is 14.5. The minimum Gasteiger partial charge on any atom is -0.344 e. The predicted molar refractivity (Wildman–Crippen MR) is 89.4 cm³/mol. The Balaban J connectivity index is 1.86. The fraction of sp³-hybridized carbons (Fsp3) is 0.706. The van der Waals surface area contributed by atoms with Gasteiger partial charge in [-0.25, -0.2) is 0 Å². The minimum absolute atomic E-state index is 0.277. The normalized spacial score (nSPS) is 26.4. The summed E-state index contributed by atoms with van der Waals surface area (Å²) in [5.74, 6) is 0.773. The fourth-order valence-corrected chi connectivity index (χ4v) is 4.83. The zero-order valence-corrected chi connectivity index (χ0v) is 14.2. The van der Waals surface area contributed by atoms with E-state index < -0.39 is 0 Å². The van der Waals surface area contributed by atoms with Crippen molar-refractivity contribution < 1.29 is 0 Å². The van der Waals surface area contributed by atoms with Crippen LogP contribution in [0.5, 0.6) is 0 Å². The molecular weight excluding hydrogens is 264 g/mol. The van der Waals surface area contributed by atoms with Crippen molar-refractivity contribution in [2.45, 2.75) is 65.5 Å². The lowest BCUT2D eigenvalue weighted by molar-refractivity contribution is 0.226. The number of thiophene rings is 1. The van der Waals surface area contributed by atoms with Gasteiger partial charge >= 0.3 is 0 Å². The van der Waals surface area contributed by atoms with Crippen molar-refractivity contribution in [1.82, 2.24) is 0 Å². The van der Waals surface area contributed by atoms with Crippen molar-refractivity contribution in [2.24, 2.45) is 10.4 Å². The van der Waals surface area contributed by atoms with Crippen molar-refractivity contribution in [2.75, 3.05) is 11.9 Å². The molecule has 20 heavy (non-hydrogen) atoms. The van der Waals surface area contributed by atoms with E-state index >= 15 is 0 Å². The molecule has 1 aromatic heterocycles. The Labute approximate surface area is 126 Å². The SMILES string of the molecule is CC1=NC(C)N(C)c2sc(C3CCC(C)(C)CC3)cc21. The Morgan fingerprint density at radius 1 is 1.30 bits per heavy atom. The lowest BCUT2D eigenvalue weighted by Crippen LogP contribution is -2.31. The topological polar surface area (TPSA) is 15.6 Å². The highest BCUT2D eigenvalue weighted by molar-refractivity contribution is 7.16. The molecule has 110 valence electrons. The van der Waals surface area contributed by atoms with Crippen LogP contribution >= 0.6 is 11.3 Å². The summed E-state index contributed by atoms with van der Waals surface area (Å²) < 4.78 is 0. The average Bonchev–Trinajstić information content (AvgIpc) is 2.82. The summed E-state index contributed by atoms with van der Waals surface area (Å²) in [4.78, 5) is 8.64. The van der Waals surface area contributed by atoms with Crippen LogP contribution in [0.15, 0.2) is 11.1 Å². The van der Waals surface area contributed by atoms with Crippen LogP contribution in [0.1, 0.15) is 69.7 Å². The number of hydrogen-bond acceptors (Lipinski definition) is 3. The van der Waals surface area contributed by atoms with Gasteiger partial charge in [-0.15, -0.1) is 11.3 Å². The summed E-state index contributed by atoms with van der Waals surface area (Å²) in [6.45, 7) is 9.15. The van der Waals surface area contributed by atoms with E-state index in [1.807, 2.05) is 11.3 Å². The molecule has 2 heterocycles. The first-order valence-corrected chi connectivity index (χ1v) is 8.60. The number of rotatable bonds is 1. The van der Waals surface area contributed by atoms with Crippen LogP contribution in [0, 0.1) is 5.41 Å². The van der Waals surface area contributed by atoms with Crippen molar-refractivity contribution in [3.8, 4) is 0 Å². The quantitative estimate of drug-likeness (QED) is 0.707. The maximum absolute atomic E-state index is 4.74. The van der Waals surface area contributed by atoms with E-state index in [1.165, 1.54) is 42.0 Å². The summed E-state index contributed by atoms with van der Waals surface area (Å²) in [5, 5.41) is 1.42. The molecule has 2 nitrogen and oxygen atoms in total.